The molecule has 0 saturated heterocycles. The fourth-order valence-electron chi connectivity index (χ4n) is 2.05. The van der Waals surface area contributed by atoms with Crippen molar-refractivity contribution >= 4 is 11.3 Å². The lowest BCUT2D eigenvalue weighted by Crippen LogP contribution is -1.93. The number of rotatable bonds is 2. The molecule has 2 N–H and O–H groups in total. The Morgan fingerprint density at radius 1 is 1.16 bits per heavy atom. The molecule has 3 rings (SSSR count). The van der Waals surface area contributed by atoms with Gasteiger partial charge in [-0.1, -0.05) is 0 Å². The van der Waals surface area contributed by atoms with Crippen LogP contribution in [0.3, 0.4) is 0 Å². The van der Waals surface area contributed by atoms with Crippen LogP contribution in [0.15, 0.2) is 42.7 Å². The maximum atomic E-state index is 5.91. The Hall–Kier alpha value is -2.49. The van der Waals surface area contributed by atoms with E-state index in [0.717, 1.165) is 33.9 Å². The number of nitrogens with zero attached hydrogens (tertiary/aromatic N) is 2. The van der Waals surface area contributed by atoms with Crippen molar-refractivity contribution in [1.29, 1.82) is 0 Å². The van der Waals surface area contributed by atoms with Gasteiger partial charge in [-0.3, -0.25) is 0 Å². The number of aryl methyl sites for hydroxylation is 1. The number of nitrogen functional groups attached to an aromatic ring is 1. The highest BCUT2D eigenvalue weighted by atomic mass is 16.5. The molecule has 4 heteroatoms. The molecule has 0 aliphatic carbocycles. The molecule has 2 aromatic heterocycles. The van der Waals surface area contributed by atoms with Gasteiger partial charge in [0.05, 0.1) is 18.5 Å². The second-order valence-corrected chi connectivity index (χ2v) is 4.53. The van der Waals surface area contributed by atoms with Crippen LogP contribution < -0.4 is 10.5 Å². The minimum atomic E-state index is 0.770. The van der Waals surface area contributed by atoms with E-state index in [1.807, 2.05) is 54.0 Å². The molecule has 19 heavy (non-hydrogen) atoms. The first-order chi connectivity index (χ1) is 9.17. The van der Waals surface area contributed by atoms with E-state index in [4.69, 9.17) is 10.5 Å². The first-order valence-electron chi connectivity index (χ1n) is 6.06. The second kappa shape index (κ2) is 4.31. The maximum absolute atomic E-state index is 5.91. The van der Waals surface area contributed by atoms with Crippen molar-refractivity contribution in [2.45, 2.75) is 6.92 Å². The number of anilines is 1. The predicted molar refractivity (Wildman–Crippen MR) is 76.3 cm³/mol. The summed E-state index contributed by atoms with van der Waals surface area (Å²) in [4.78, 5) is 4.61. The van der Waals surface area contributed by atoms with Crippen molar-refractivity contribution in [3.63, 3.8) is 0 Å². The van der Waals surface area contributed by atoms with Crippen molar-refractivity contribution in [2.24, 2.45) is 0 Å². The van der Waals surface area contributed by atoms with Gasteiger partial charge in [0, 0.05) is 18.0 Å². The molecule has 1 aromatic carbocycles. The van der Waals surface area contributed by atoms with E-state index in [1.54, 1.807) is 7.11 Å². The molecule has 0 fully saturated rings. The Kier molecular flexibility index (Phi) is 2.63. The molecular formula is C15H15N3O. The summed E-state index contributed by atoms with van der Waals surface area (Å²) >= 11 is 0. The molecule has 3 aromatic rings. The van der Waals surface area contributed by atoms with Crippen molar-refractivity contribution < 1.29 is 4.74 Å². The number of methoxy groups -OCH3 is 1. The molecule has 0 aliphatic heterocycles. The molecule has 0 saturated carbocycles. The van der Waals surface area contributed by atoms with Crippen LogP contribution in [0.25, 0.3) is 16.9 Å². The highest BCUT2D eigenvalue weighted by molar-refractivity contribution is 5.65. The van der Waals surface area contributed by atoms with E-state index >= 15 is 0 Å². The molecular weight excluding hydrogens is 238 g/mol. The van der Waals surface area contributed by atoms with Gasteiger partial charge in [0.25, 0.3) is 0 Å². The van der Waals surface area contributed by atoms with Gasteiger partial charge < -0.3 is 14.9 Å². The van der Waals surface area contributed by atoms with E-state index in [2.05, 4.69) is 4.98 Å². The van der Waals surface area contributed by atoms with Crippen LogP contribution in [0.1, 0.15) is 5.56 Å². The molecule has 0 spiro atoms. The summed E-state index contributed by atoms with van der Waals surface area (Å²) in [6.45, 7) is 1.98. The average Bonchev–Trinajstić information content (AvgIpc) is 2.82. The summed E-state index contributed by atoms with van der Waals surface area (Å²) in [7, 11) is 1.66. The number of fused-ring (bicyclic) bond motifs is 1. The molecule has 0 radical (unpaired) electrons. The SMILES string of the molecule is COc1ccc(-c2cn3cc(N)c(C)cc3n2)cc1. The molecule has 0 aliphatic rings. The quantitative estimate of drug-likeness (QED) is 0.764. The Morgan fingerprint density at radius 3 is 2.58 bits per heavy atom. The van der Waals surface area contributed by atoms with Crippen molar-refractivity contribution in [2.75, 3.05) is 12.8 Å². The molecule has 0 amide bonds. The van der Waals surface area contributed by atoms with Crippen LogP contribution in [0, 0.1) is 6.92 Å². The zero-order chi connectivity index (χ0) is 13.4. The third-order valence-electron chi connectivity index (χ3n) is 3.23. The summed E-state index contributed by atoms with van der Waals surface area (Å²) < 4.78 is 7.10. The third-order valence-corrected chi connectivity index (χ3v) is 3.23. The summed E-state index contributed by atoms with van der Waals surface area (Å²) in [5.41, 5.74) is 10.6. The average molecular weight is 253 g/mol. The van der Waals surface area contributed by atoms with E-state index in [1.165, 1.54) is 0 Å². The smallest absolute Gasteiger partial charge is 0.137 e. The summed E-state index contributed by atoms with van der Waals surface area (Å²) in [5.74, 6) is 0.840. The van der Waals surface area contributed by atoms with E-state index in [9.17, 15) is 0 Å². The number of pyridine rings is 1. The van der Waals surface area contributed by atoms with Crippen molar-refractivity contribution in [1.82, 2.24) is 9.38 Å². The lowest BCUT2D eigenvalue weighted by molar-refractivity contribution is 0.415. The number of imidazole rings is 1. The minimum absolute atomic E-state index is 0.770. The zero-order valence-corrected chi connectivity index (χ0v) is 10.9. The Labute approximate surface area is 111 Å². The van der Waals surface area contributed by atoms with Crippen LogP contribution >= 0.6 is 0 Å². The number of nitrogens with two attached hydrogens (primary N) is 1. The molecule has 0 unspecified atom stereocenters. The van der Waals surface area contributed by atoms with Crippen LogP contribution in [-0.2, 0) is 0 Å². The Bertz CT molecular complexity index is 690. The molecule has 0 atom stereocenters. The molecule has 2 heterocycles. The van der Waals surface area contributed by atoms with E-state index in [0.29, 0.717) is 0 Å². The Morgan fingerprint density at radius 2 is 1.89 bits per heavy atom. The summed E-state index contributed by atoms with van der Waals surface area (Å²) in [6, 6.07) is 9.84. The van der Waals surface area contributed by atoms with Crippen LogP contribution in [0.4, 0.5) is 5.69 Å². The van der Waals surface area contributed by atoms with Crippen molar-refractivity contribution in [3.8, 4) is 17.0 Å². The maximum Gasteiger partial charge on any atom is 0.137 e. The highest BCUT2D eigenvalue weighted by Gasteiger charge is 2.06. The molecule has 0 bridgehead atoms. The van der Waals surface area contributed by atoms with Gasteiger partial charge in [-0.05, 0) is 42.8 Å². The van der Waals surface area contributed by atoms with Crippen LogP contribution in [0.5, 0.6) is 5.75 Å². The number of hydrogen-bond acceptors (Lipinski definition) is 3. The van der Waals surface area contributed by atoms with Crippen LogP contribution in [-0.4, -0.2) is 16.5 Å². The second-order valence-electron chi connectivity index (χ2n) is 4.53. The van der Waals surface area contributed by atoms with E-state index in [-0.39, 0.29) is 0 Å². The molecule has 4 nitrogen and oxygen atoms in total. The number of ether oxygens (including phenoxy) is 1. The van der Waals surface area contributed by atoms with Gasteiger partial charge in [0.2, 0.25) is 0 Å². The summed E-state index contributed by atoms with van der Waals surface area (Å²) in [5, 5.41) is 0. The van der Waals surface area contributed by atoms with Gasteiger partial charge in [0.1, 0.15) is 11.4 Å². The fraction of sp³-hybridized carbons (Fsp3) is 0.133. The predicted octanol–water partition coefficient (Wildman–Crippen LogP) is 2.90. The summed E-state index contributed by atoms with van der Waals surface area (Å²) in [6.07, 6.45) is 3.87. The topological polar surface area (TPSA) is 52.5 Å². The zero-order valence-electron chi connectivity index (χ0n) is 10.9. The van der Waals surface area contributed by atoms with Gasteiger partial charge >= 0.3 is 0 Å². The van der Waals surface area contributed by atoms with Crippen molar-refractivity contribution in [3.05, 3.63) is 48.3 Å². The third kappa shape index (κ3) is 2.01. The monoisotopic (exact) mass is 253 g/mol. The standard InChI is InChI=1S/C15H15N3O/c1-10-7-15-17-14(9-18(15)8-13(10)16)11-3-5-12(19-2)6-4-11/h3-9H,16H2,1-2H3. The number of benzene rings is 1. The normalized spacial score (nSPS) is 10.8. The minimum Gasteiger partial charge on any atom is -0.497 e. The Balaban J connectivity index is 2.09. The first kappa shape index (κ1) is 11.6. The highest BCUT2D eigenvalue weighted by Crippen LogP contribution is 2.23. The number of aromatic nitrogens is 2. The fourth-order valence-corrected chi connectivity index (χ4v) is 2.05. The lowest BCUT2D eigenvalue weighted by Gasteiger charge is -2.00. The van der Waals surface area contributed by atoms with Gasteiger partial charge in [-0.25, -0.2) is 4.98 Å². The number of hydrogen-bond donors (Lipinski definition) is 1. The van der Waals surface area contributed by atoms with E-state index < -0.39 is 0 Å². The lowest BCUT2D eigenvalue weighted by atomic mass is 10.2. The van der Waals surface area contributed by atoms with Crippen LogP contribution in [0.2, 0.25) is 0 Å². The largest absolute Gasteiger partial charge is 0.497 e. The van der Waals surface area contributed by atoms with Gasteiger partial charge in [0.15, 0.2) is 0 Å². The van der Waals surface area contributed by atoms with Gasteiger partial charge in [-0.2, -0.15) is 0 Å². The molecule has 96 valence electrons. The first-order valence-corrected chi connectivity index (χ1v) is 6.06. The van der Waals surface area contributed by atoms with Gasteiger partial charge in [-0.15, -0.1) is 0 Å².